The maximum absolute atomic E-state index is 11.9. The number of hydrogen-bond acceptors (Lipinski definition) is 4. The minimum atomic E-state index is -0.171. The molecule has 3 aromatic rings. The highest BCUT2D eigenvalue weighted by Gasteiger charge is 2.09. The minimum Gasteiger partial charge on any atom is -0.359 e. The normalized spacial score (nSPS) is 10.3. The van der Waals surface area contributed by atoms with Gasteiger partial charge in [0.2, 0.25) is 0 Å². The molecule has 0 radical (unpaired) electrons. The van der Waals surface area contributed by atoms with Gasteiger partial charge in [-0.25, -0.2) is 0 Å². The van der Waals surface area contributed by atoms with Crippen molar-refractivity contribution in [3.63, 3.8) is 0 Å². The van der Waals surface area contributed by atoms with Crippen molar-refractivity contribution < 1.29 is 9.32 Å². The van der Waals surface area contributed by atoms with E-state index < -0.39 is 0 Å². The first-order valence-electron chi connectivity index (χ1n) is 6.52. The molecular formula is C16H13N3O2. The van der Waals surface area contributed by atoms with E-state index in [1.165, 1.54) is 0 Å². The van der Waals surface area contributed by atoms with Crippen molar-refractivity contribution in [3.8, 4) is 11.3 Å². The van der Waals surface area contributed by atoms with Crippen LogP contribution in [0.2, 0.25) is 0 Å². The van der Waals surface area contributed by atoms with E-state index in [0.29, 0.717) is 17.9 Å². The number of carbonyl (C=O) groups is 1. The molecule has 5 heteroatoms. The topological polar surface area (TPSA) is 68.0 Å². The lowest BCUT2D eigenvalue weighted by atomic mass is 10.1. The summed E-state index contributed by atoms with van der Waals surface area (Å²) < 4.78 is 5.23. The van der Waals surface area contributed by atoms with Gasteiger partial charge in [0.05, 0.1) is 6.54 Å². The minimum absolute atomic E-state index is 0.171. The summed E-state index contributed by atoms with van der Waals surface area (Å²) >= 11 is 0. The van der Waals surface area contributed by atoms with E-state index >= 15 is 0 Å². The van der Waals surface area contributed by atoms with E-state index in [0.717, 1.165) is 11.3 Å². The smallest absolute Gasteiger partial charge is 0.251 e. The Morgan fingerprint density at radius 1 is 1.10 bits per heavy atom. The molecule has 0 aliphatic heterocycles. The number of aromatic nitrogens is 2. The van der Waals surface area contributed by atoms with E-state index in [1.54, 1.807) is 24.5 Å². The molecule has 0 bridgehead atoms. The van der Waals surface area contributed by atoms with E-state index in [2.05, 4.69) is 15.5 Å². The van der Waals surface area contributed by atoms with E-state index in [-0.39, 0.29) is 5.91 Å². The van der Waals surface area contributed by atoms with Gasteiger partial charge in [-0.3, -0.25) is 9.78 Å². The summed E-state index contributed by atoms with van der Waals surface area (Å²) in [4.78, 5) is 15.8. The van der Waals surface area contributed by atoms with Gasteiger partial charge in [0.1, 0.15) is 5.69 Å². The maximum atomic E-state index is 11.9. The molecule has 0 unspecified atom stereocenters. The monoisotopic (exact) mass is 279 g/mol. The highest BCUT2D eigenvalue weighted by molar-refractivity contribution is 5.93. The van der Waals surface area contributed by atoms with Crippen LogP contribution >= 0.6 is 0 Å². The van der Waals surface area contributed by atoms with Gasteiger partial charge in [0.25, 0.3) is 5.91 Å². The third kappa shape index (κ3) is 3.14. The zero-order valence-corrected chi connectivity index (χ0v) is 11.2. The van der Waals surface area contributed by atoms with Crippen molar-refractivity contribution in [1.82, 2.24) is 15.5 Å². The largest absolute Gasteiger partial charge is 0.359 e. The summed E-state index contributed by atoms with van der Waals surface area (Å²) in [5, 5.41) is 6.78. The molecule has 0 saturated carbocycles. The predicted molar refractivity (Wildman–Crippen MR) is 77.3 cm³/mol. The van der Waals surface area contributed by atoms with E-state index in [1.807, 2.05) is 36.4 Å². The second kappa shape index (κ2) is 6.00. The molecule has 0 atom stereocenters. The summed E-state index contributed by atoms with van der Waals surface area (Å²) in [6, 6.07) is 14.9. The van der Waals surface area contributed by atoms with Crippen LogP contribution in [0.5, 0.6) is 0 Å². The van der Waals surface area contributed by atoms with Crippen LogP contribution < -0.4 is 5.32 Å². The lowest BCUT2D eigenvalue weighted by Gasteiger charge is -2.01. The van der Waals surface area contributed by atoms with Crippen LogP contribution in [0.1, 0.15) is 16.1 Å². The zero-order valence-electron chi connectivity index (χ0n) is 11.2. The molecule has 0 saturated heterocycles. The van der Waals surface area contributed by atoms with Gasteiger partial charge in [-0.2, -0.15) is 0 Å². The van der Waals surface area contributed by atoms with Crippen molar-refractivity contribution >= 4 is 5.91 Å². The molecule has 0 aliphatic rings. The third-order valence-electron chi connectivity index (χ3n) is 2.99. The summed E-state index contributed by atoms with van der Waals surface area (Å²) in [6.07, 6.45) is 3.16. The van der Waals surface area contributed by atoms with Crippen LogP contribution in [-0.2, 0) is 6.54 Å². The van der Waals surface area contributed by atoms with Crippen molar-refractivity contribution in [2.75, 3.05) is 0 Å². The highest BCUT2D eigenvalue weighted by Crippen LogP contribution is 2.18. The van der Waals surface area contributed by atoms with Crippen molar-refractivity contribution in [2.24, 2.45) is 0 Å². The van der Waals surface area contributed by atoms with E-state index in [9.17, 15) is 4.79 Å². The maximum Gasteiger partial charge on any atom is 0.251 e. The molecule has 2 heterocycles. The first-order valence-corrected chi connectivity index (χ1v) is 6.52. The van der Waals surface area contributed by atoms with Gasteiger partial charge in [0.15, 0.2) is 5.76 Å². The average Bonchev–Trinajstić information content (AvgIpc) is 3.03. The summed E-state index contributed by atoms with van der Waals surface area (Å²) in [5.74, 6) is 0.436. The van der Waals surface area contributed by atoms with Crippen LogP contribution in [0.15, 0.2) is 65.4 Å². The van der Waals surface area contributed by atoms with Gasteiger partial charge in [0, 0.05) is 29.6 Å². The highest BCUT2D eigenvalue weighted by atomic mass is 16.5. The number of hydrogen-bond donors (Lipinski definition) is 1. The van der Waals surface area contributed by atoms with Crippen molar-refractivity contribution in [2.45, 2.75) is 6.54 Å². The SMILES string of the molecule is O=C(NCc1cc(-c2ccccc2)no1)c1ccncc1. The molecular weight excluding hydrogens is 266 g/mol. The Balaban J connectivity index is 1.64. The second-order valence-electron chi connectivity index (χ2n) is 4.46. The fraction of sp³-hybridized carbons (Fsp3) is 0.0625. The summed E-state index contributed by atoms with van der Waals surface area (Å²) in [7, 11) is 0. The molecule has 1 N–H and O–H groups in total. The number of pyridine rings is 1. The quantitative estimate of drug-likeness (QED) is 0.797. The Kier molecular flexibility index (Phi) is 3.73. The van der Waals surface area contributed by atoms with Gasteiger partial charge >= 0.3 is 0 Å². The van der Waals surface area contributed by atoms with Gasteiger partial charge in [-0.15, -0.1) is 0 Å². The summed E-state index contributed by atoms with van der Waals surface area (Å²) in [6.45, 7) is 0.293. The molecule has 1 aromatic carbocycles. The number of nitrogens with zero attached hydrogens (tertiary/aromatic N) is 2. The van der Waals surface area contributed by atoms with Crippen LogP contribution in [0.25, 0.3) is 11.3 Å². The van der Waals surface area contributed by atoms with E-state index in [4.69, 9.17) is 4.52 Å². The molecule has 21 heavy (non-hydrogen) atoms. The predicted octanol–water partition coefficient (Wildman–Crippen LogP) is 2.67. The van der Waals surface area contributed by atoms with Crippen LogP contribution in [0.4, 0.5) is 0 Å². The molecule has 1 amide bonds. The van der Waals surface area contributed by atoms with Crippen molar-refractivity contribution in [1.29, 1.82) is 0 Å². The van der Waals surface area contributed by atoms with Crippen LogP contribution in [-0.4, -0.2) is 16.0 Å². The van der Waals surface area contributed by atoms with Gasteiger partial charge < -0.3 is 9.84 Å². The Hall–Kier alpha value is -2.95. The number of amides is 1. The molecule has 2 aromatic heterocycles. The number of nitrogens with one attached hydrogen (secondary N) is 1. The Labute approximate surface area is 121 Å². The standard InChI is InChI=1S/C16H13N3O2/c20-16(13-6-8-17-9-7-13)18-11-14-10-15(19-21-14)12-4-2-1-3-5-12/h1-10H,11H2,(H,18,20). The molecule has 0 aliphatic carbocycles. The van der Waals surface area contributed by atoms with Gasteiger partial charge in [-0.1, -0.05) is 35.5 Å². The average molecular weight is 279 g/mol. The third-order valence-corrected chi connectivity index (χ3v) is 2.99. The number of carbonyl (C=O) groups excluding carboxylic acids is 1. The number of benzene rings is 1. The number of rotatable bonds is 4. The first kappa shape index (κ1) is 13.1. The Morgan fingerprint density at radius 2 is 1.86 bits per heavy atom. The van der Waals surface area contributed by atoms with Crippen LogP contribution in [0, 0.1) is 0 Å². The molecule has 5 nitrogen and oxygen atoms in total. The lowest BCUT2D eigenvalue weighted by Crippen LogP contribution is -2.22. The van der Waals surface area contributed by atoms with Gasteiger partial charge in [-0.05, 0) is 12.1 Å². The van der Waals surface area contributed by atoms with Crippen LogP contribution in [0.3, 0.4) is 0 Å². The molecule has 3 rings (SSSR count). The molecule has 104 valence electrons. The first-order chi connectivity index (χ1) is 10.3. The molecule has 0 fully saturated rings. The lowest BCUT2D eigenvalue weighted by molar-refractivity contribution is 0.0947. The second-order valence-corrected chi connectivity index (χ2v) is 4.46. The van der Waals surface area contributed by atoms with Crippen molar-refractivity contribution in [3.05, 3.63) is 72.2 Å². The molecule has 0 spiro atoms. The zero-order chi connectivity index (χ0) is 14.5. The fourth-order valence-electron chi connectivity index (χ4n) is 1.91. The fourth-order valence-corrected chi connectivity index (χ4v) is 1.91. The Morgan fingerprint density at radius 3 is 2.62 bits per heavy atom. The Bertz CT molecular complexity index is 724. The summed E-state index contributed by atoms with van der Waals surface area (Å²) in [5.41, 5.74) is 2.30.